The highest BCUT2D eigenvalue weighted by Crippen LogP contribution is 1.97. The molecule has 1 aromatic carbocycles. The van der Waals surface area contributed by atoms with Crippen LogP contribution in [0.3, 0.4) is 0 Å². The van der Waals surface area contributed by atoms with Gasteiger partial charge in [-0.1, -0.05) is 37.3 Å². The molecule has 0 saturated heterocycles. The molecular formula is C10H13ClO. The van der Waals surface area contributed by atoms with Crippen LogP contribution in [0.2, 0.25) is 0 Å². The first kappa shape index (κ1) is 11.2. The average molecular weight is 185 g/mol. The van der Waals surface area contributed by atoms with Crippen LogP contribution in [0.15, 0.2) is 30.3 Å². The highest BCUT2D eigenvalue weighted by Gasteiger charge is 1.92. The maximum Gasteiger partial charge on any atom is 0.159 e. The molecule has 0 N–H and O–H groups in total. The summed E-state index contributed by atoms with van der Waals surface area (Å²) in [5, 5.41) is 0. The van der Waals surface area contributed by atoms with Gasteiger partial charge in [0.05, 0.1) is 0 Å². The fraction of sp³-hybridized carbons (Fsp3) is 0.300. The monoisotopic (exact) mass is 184 g/mol. The highest BCUT2D eigenvalue weighted by molar-refractivity contribution is 6.17. The second-order valence-corrected chi connectivity index (χ2v) is 2.72. The fourth-order valence-electron chi connectivity index (χ4n) is 0.673. The molecule has 0 bridgehead atoms. The van der Waals surface area contributed by atoms with E-state index in [1.54, 1.807) is 6.92 Å². The van der Waals surface area contributed by atoms with Crippen LogP contribution in [-0.4, -0.2) is 11.7 Å². The SMILES string of the molecule is CC(=O)c1ccccc1.CCCl. The van der Waals surface area contributed by atoms with Gasteiger partial charge in [-0.2, -0.15) is 0 Å². The number of carbonyl (C=O) groups excluding carboxylic acids is 1. The second kappa shape index (κ2) is 6.86. The minimum atomic E-state index is 0.121. The first-order chi connectivity index (χ1) is 5.72. The largest absolute Gasteiger partial charge is 0.295 e. The van der Waals surface area contributed by atoms with E-state index in [1.807, 2.05) is 37.3 Å². The zero-order valence-corrected chi connectivity index (χ0v) is 8.14. The summed E-state index contributed by atoms with van der Waals surface area (Å²) in [6.45, 7) is 3.46. The smallest absolute Gasteiger partial charge is 0.159 e. The Balaban J connectivity index is 0.000000354. The lowest BCUT2D eigenvalue weighted by Crippen LogP contribution is -1.88. The first-order valence-electron chi connectivity index (χ1n) is 3.84. The molecule has 2 heteroatoms. The van der Waals surface area contributed by atoms with E-state index in [0.717, 1.165) is 11.4 Å². The molecule has 1 rings (SSSR count). The maximum atomic E-state index is 10.6. The highest BCUT2D eigenvalue weighted by atomic mass is 35.5. The summed E-state index contributed by atoms with van der Waals surface area (Å²) in [5.41, 5.74) is 0.775. The molecule has 0 saturated carbocycles. The quantitative estimate of drug-likeness (QED) is 0.484. The van der Waals surface area contributed by atoms with Crippen LogP contribution >= 0.6 is 11.6 Å². The van der Waals surface area contributed by atoms with Gasteiger partial charge in [0.15, 0.2) is 5.78 Å². The number of Topliss-reactive ketones (excluding diaryl/α,β-unsaturated/α-hetero) is 1. The van der Waals surface area contributed by atoms with Crippen LogP contribution < -0.4 is 0 Å². The number of rotatable bonds is 1. The molecule has 0 spiro atoms. The van der Waals surface area contributed by atoms with Crippen molar-refractivity contribution >= 4 is 17.4 Å². The number of ketones is 1. The van der Waals surface area contributed by atoms with Crippen molar-refractivity contribution in [3.8, 4) is 0 Å². The third kappa shape index (κ3) is 4.91. The van der Waals surface area contributed by atoms with Gasteiger partial charge in [0.25, 0.3) is 0 Å². The van der Waals surface area contributed by atoms with Gasteiger partial charge in [-0.3, -0.25) is 4.79 Å². The Morgan fingerprint density at radius 3 is 2.00 bits per heavy atom. The molecular weight excluding hydrogens is 172 g/mol. The van der Waals surface area contributed by atoms with Gasteiger partial charge in [-0.05, 0) is 6.92 Å². The molecule has 0 aliphatic heterocycles. The minimum absolute atomic E-state index is 0.121. The van der Waals surface area contributed by atoms with Crippen molar-refractivity contribution in [2.75, 3.05) is 5.88 Å². The van der Waals surface area contributed by atoms with Crippen molar-refractivity contribution in [3.05, 3.63) is 35.9 Å². The number of alkyl halides is 1. The molecule has 0 aliphatic carbocycles. The lowest BCUT2D eigenvalue weighted by molar-refractivity contribution is 0.101. The molecule has 0 heterocycles. The Bertz CT molecular complexity index is 219. The topological polar surface area (TPSA) is 17.1 Å². The van der Waals surface area contributed by atoms with E-state index in [0.29, 0.717) is 0 Å². The molecule has 12 heavy (non-hydrogen) atoms. The van der Waals surface area contributed by atoms with Crippen molar-refractivity contribution < 1.29 is 4.79 Å². The van der Waals surface area contributed by atoms with Crippen molar-refractivity contribution in [3.63, 3.8) is 0 Å². The third-order valence-corrected chi connectivity index (χ3v) is 1.18. The molecule has 1 nitrogen and oxygen atoms in total. The van der Waals surface area contributed by atoms with Crippen LogP contribution in [0.5, 0.6) is 0 Å². The van der Waals surface area contributed by atoms with Crippen molar-refractivity contribution in [1.82, 2.24) is 0 Å². The summed E-state index contributed by atoms with van der Waals surface area (Å²) >= 11 is 5.00. The molecule has 0 aromatic heterocycles. The van der Waals surface area contributed by atoms with Crippen molar-refractivity contribution in [1.29, 1.82) is 0 Å². The number of carbonyl (C=O) groups is 1. The number of benzene rings is 1. The Morgan fingerprint density at radius 2 is 1.75 bits per heavy atom. The Labute approximate surface area is 78.4 Å². The van der Waals surface area contributed by atoms with E-state index in [9.17, 15) is 4.79 Å². The first-order valence-corrected chi connectivity index (χ1v) is 4.37. The Hall–Kier alpha value is -0.820. The fourth-order valence-corrected chi connectivity index (χ4v) is 0.673. The standard InChI is InChI=1S/C8H8O.C2H5Cl/c1-7(9)8-5-3-2-4-6-8;1-2-3/h2-6H,1H3;2H2,1H3. The second-order valence-electron chi connectivity index (χ2n) is 2.19. The molecule has 0 radical (unpaired) electrons. The third-order valence-electron chi connectivity index (χ3n) is 1.18. The maximum absolute atomic E-state index is 10.6. The lowest BCUT2D eigenvalue weighted by atomic mass is 10.2. The van der Waals surface area contributed by atoms with Gasteiger partial charge in [-0.25, -0.2) is 0 Å². The Morgan fingerprint density at radius 1 is 1.33 bits per heavy atom. The van der Waals surface area contributed by atoms with Gasteiger partial charge in [0, 0.05) is 11.4 Å². The molecule has 0 fully saturated rings. The molecule has 66 valence electrons. The van der Waals surface area contributed by atoms with Crippen LogP contribution in [0.1, 0.15) is 24.2 Å². The van der Waals surface area contributed by atoms with Gasteiger partial charge < -0.3 is 0 Å². The van der Waals surface area contributed by atoms with Crippen LogP contribution in [0.25, 0.3) is 0 Å². The lowest BCUT2D eigenvalue weighted by Gasteiger charge is -1.89. The zero-order chi connectivity index (χ0) is 9.40. The van der Waals surface area contributed by atoms with Crippen LogP contribution in [0.4, 0.5) is 0 Å². The Kier molecular flexibility index (Phi) is 6.39. The summed E-state index contributed by atoms with van der Waals surface area (Å²) in [6.07, 6.45) is 0. The van der Waals surface area contributed by atoms with Crippen LogP contribution in [-0.2, 0) is 0 Å². The van der Waals surface area contributed by atoms with Gasteiger partial charge in [-0.15, -0.1) is 11.6 Å². The van der Waals surface area contributed by atoms with E-state index in [4.69, 9.17) is 11.6 Å². The predicted octanol–water partition coefficient (Wildman–Crippen LogP) is 3.13. The normalized spacial score (nSPS) is 8.25. The number of hydrogen-bond acceptors (Lipinski definition) is 1. The van der Waals surface area contributed by atoms with Crippen molar-refractivity contribution in [2.24, 2.45) is 0 Å². The minimum Gasteiger partial charge on any atom is -0.295 e. The van der Waals surface area contributed by atoms with Gasteiger partial charge in [0.1, 0.15) is 0 Å². The van der Waals surface area contributed by atoms with Gasteiger partial charge >= 0.3 is 0 Å². The van der Waals surface area contributed by atoms with E-state index < -0.39 is 0 Å². The summed E-state index contributed by atoms with van der Waals surface area (Å²) in [4.78, 5) is 10.6. The summed E-state index contributed by atoms with van der Waals surface area (Å²) in [7, 11) is 0. The number of halogens is 1. The summed E-state index contributed by atoms with van der Waals surface area (Å²) in [5.74, 6) is 0.843. The van der Waals surface area contributed by atoms with E-state index >= 15 is 0 Å². The average Bonchev–Trinajstić information content (AvgIpc) is 2.07. The molecule has 0 unspecified atom stereocenters. The molecule has 0 atom stereocenters. The summed E-state index contributed by atoms with van der Waals surface area (Å²) in [6, 6.07) is 9.23. The number of hydrogen-bond donors (Lipinski definition) is 0. The summed E-state index contributed by atoms with van der Waals surface area (Å²) < 4.78 is 0. The molecule has 1 aromatic rings. The molecule has 0 amide bonds. The van der Waals surface area contributed by atoms with E-state index in [1.165, 1.54) is 0 Å². The van der Waals surface area contributed by atoms with E-state index in [-0.39, 0.29) is 5.78 Å². The molecule has 0 aliphatic rings. The zero-order valence-electron chi connectivity index (χ0n) is 7.38. The van der Waals surface area contributed by atoms with Gasteiger partial charge in [0.2, 0.25) is 0 Å². The van der Waals surface area contributed by atoms with E-state index in [2.05, 4.69) is 0 Å². The predicted molar refractivity (Wildman–Crippen MR) is 52.8 cm³/mol. The van der Waals surface area contributed by atoms with Crippen molar-refractivity contribution in [2.45, 2.75) is 13.8 Å². The van der Waals surface area contributed by atoms with Crippen LogP contribution in [0, 0.1) is 0 Å².